The number of nitrogens with one attached hydrogen (secondary N) is 1. The first-order valence-corrected chi connectivity index (χ1v) is 9.94. The lowest BCUT2D eigenvalue weighted by Crippen LogP contribution is -2.52. The molecular weight excluding hydrogens is 366 g/mol. The summed E-state index contributed by atoms with van der Waals surface area (Å²) < 4.78 is 5.48. The Morgan fingerprint density at radius 2 is 1.69 bits per heavy atom. The molecule has 2 aromatic rings. The third-order valence-corrected chi connectivity index (χ3v) is 5.53. The number of unbranched alkanes of at least 4 members (excludes halogenated alkanes) is 2. The van der Waals surface area contributed by atoms with Crippen molar-refractivity contribution in [2.24, 2.45) is 0 Å². The van der Waals surface area contributed by atoms with Crippen LogP contribution in [0.5, 0.6) is 0 Å². The summed E-state index contributed by atoms with van der Waals surface area (Å²) in [5.41, 5.74) is 3.17. The topological polar surface area (TPSA) is 75.6 Å². The minimum Gasteiger partial charge on any atom is -0.480 e. The van der Waals surface area contributed by atoms with Crippen molar-refractivity contribution in [3.63, 3.8) is 0 Å². The molecule has 1 aliphatic rings. The smallest absolute Gasteiger partial charge is 0.408 e. The summed E-state index contributed by atoms with van der Waals surface area (Å²) in [6, 6.07) is 16.2. The van der Waals surface area contributed by atoms with Gasteiger partial charge in [0.15, 0.2) is 0 Å². The lowest BCUT2D eigenvalue weighted by molar-refractivity contribution is -0.144. The molecule has 1 atom stereocenters. The van der Waals surface area contributed by atoms with Gasteiger partial charge >= 0.3 is 12.1 Å². The van der Waals surface area contributed by atoms with Crippen molar-refractivity contribution in [1.82, 2.24) is 5.32 Å². The molecule has 29 heavy (non-hydrogen) atoms. The van der Waals surface area contributed by atoms with Crippen molar-refractivity contribution in [1.29, 1.82) is 0 Å². The summed E-state index contributed by atoms with van der Waals surface area (Å²) >= 11 is 0. The monoisotopic (exact) mass is 393 g/mol. The second kappa shape index (κ2) is 8.95. The minimum absolute atomic E-state index is 0.0585. The fourth-order valence-electron chi connectivity index (χ4n) is 3.85. The van der Waals surface area contributed by atoms with Crippen molar-refractivity contribution < 1.29 is 19.4 Å². The minimum atomic E-state index is -1.36. The van der Waals surface area contributed by atoms with Crippen molar-refractivity contribution in [2.75, 3.05) is 6.61 Å². The van der Waals surface area contributed by atoms with Gasteiger partial charge in [0.05, 0.1) is 0 Å². The first-order chi connectivity index (χ1) is 14.0. The summed E-state index contributed by atoms with van der Waals surface area (Å²) in [4.78, 5) is 24.1. The van der Waals surface area contributed by atoms with E-state index in [1.54, 1.807) is 6.08 Å². The number of ether oxygens (including phenoxy) is 1. The molecule has 0 heterocycles. The first kappa shape index (κ1) is 20.6. The molecular formula is C24H27NO4. The normalized spacial score (nSPS) is 14.4. The van der Waals surface area contributed by atoms with Gasteiger partial charge in [0.25, 0.3) is 0 Å². The van der Waals surface area contributed by atoms with E-state index in [9.17, 15) is 14.7 Å². The highest BCUT2D eigenvalue weighted by Crippen LogP contribution is 2.44. The Bertz CT molecular complexity index is 862. The Hall–Kier alpha value is -3.08. The number of benzene rings is 2. The molecule has 152 valence electrons. The fourth-order valence-corrected chi connectivity index (χ4v) is 3.85. The van der Waals surface area contributed by atoms with Crippen LogP contribution in [-0.2, 0) is 9.53 Å². The Kier molecular flexibility index (Phi) is 6.37. The number of carbonyl (C=O) groups is 2. The standard InChI is InChI=1S/C24H27NO4/c1-3-4-5-10-15-24(2,22(26)27)25-23(28)29-16-21-19-13-8-6-11-17(19)18-12-7-9-14-20(18)21/h3,6-9,11-14,21H,1,4-5,10,15-16H2,2H3,(H,25,28)(H,26,27)/t24-/m0/s1. The molecule has 0 saturated carbocycles. The van der Waals surface area contributed by atoms with E-state index in [-0.39, 0.29) is 12.5 Å². The van der Waals surface area contributed by atoms with Crippen molar-refractivity contribution >= 4 is 12.1 Å². The highest BCUT2D eigenvalue weighted by Gasteiger charge is 2.35. The van der Waals surface area contributed by atoms with Crippen molar-refractivity contribution in [3.05, 3.63) is 72.3 Å². The molecule has 1 aliphatic carbocycles. The predicted molar refractivity (Wildman–Crippen MR) is 113 cm³/mol. The maximum atomic E-state index is 12.4. The number of carboxylic acids is 1. The quantitative estimate of drug-likeness (QED) is 0.458. The van der Waals surface area contributed by atoms with E-state index in [0.29, 0.717) is 12.8 Å². The van der Waals surface area contributed by atoms with Gasteiger partial charge in [-0.3, -0.25) is 0 Å². The van der Waals surface area contributed by atoms with Gasteiger partial charge in [-0.2, -0.15) is 0 Å². The maximum Gasteiger partial charge on any atom is 0.408 e. The summed E-state index contributed by atoms with van der Waals surface area (Å²) in [7, 11) is 0. The summed E-state index contributed by atoms with van der Waals surface area (Å²) in [5, 5.41) is 12.1. The second-order valence-electron chi connectivity index (χ2n) is 7.62. The van der Waals surface area contributed by atoms with Gasteiger partial charge in [0.1, 0.15) is 12.1 Å². The number of aliphatic carboxylic acids is 1. The summed E-state index contributed by atoms with van der Waals surface area (Å²) in [5.74, 6) is -1.12. The summed E-state index contributed by atoms with van der Waals surface area (Å²) in [6.45, 7) is 5.34. The number of fused-ring (bicyclic) bond motifs is 3. The van der Waals surface area contributed by atoms with Gasteiger partial charge in [0, 0.05) is 5.92 Å². The summed E-state index contributed by atoms with van der Waals surface area (Å²) in [6.07, 6.45) is 3.76. The third kappa shape index (κ3) is 4.50. The van der Waals surface area contributed by atoms with Crippen LogP contribution in [0.2, 0.25) is 0 Å². The highest BCUT2D eigenvalue weighted by atomic mass is 16.5. The van der Waals surface area contributed by atoms with Crippen LogP contribution < -0.4 is 5.32 Å². The molecule has 0 bridgehead atoms. The molecule has 0 saturated heterocycles. The Morgan fingerprint density at radius 1 is 1.10 bits per heavy atom. The second-order valence-corrected chi connectivity index (χ2v) is 7.62. The van der Waals surface area contributed by atoms with Gasteiger partial charge in [-0.15, -0.1) is 6.58 Å². The number of allylic oxidation sites excluding steroid dienone is 1. The Labute approximate surface area is 171 Å². The van der Waals surface area contributed by atoms with Crippen LogP contribution in [0.4, 0.5) is 4.79 Å². The number of hydrogen-bond acceptors (Lipinski definition) is 3. The van der Waals surface area contributed by atoms with Crippen molar-refractivity contribution in [2.45, 2.75) is 44.1 Å². The number of hydrogen-bond donors (Lipinski definition) is 2. The third-order valence-electron chi connectivity index (χ3n) is 5.53. The van der Waals surface area contributed by atoms with Gasteiger partial charge in [-0.1, -0.05) is 61.0 Å². The van der Waals surface area contributed by atoms with Crippen LogP contribution >= 0.6 is 0 Å². The molecule has 5 nitrogen and oxygen atoms in total. The lowest BCUT2D eigenvalue weighted by Gasteiger charge is -2.26. The zero-order valence-corrected chi connectivity index (χ0v) is 16.7. The SMILES string of the molecule is C=CCCCC[C@](C)(NC(=O)OCC1c2ccccc2-c2ccccc21)C(=O)O. The van der Waals surface area contributed by atoms with Crippen LogP contribution in [0, 0.1) is 0 Å². The van der Waals surface area contributed by atoms with Crippen molar-refractivity contribution in [3.8, 4) is 11.1 Å². The average molecular weight is 393 g/mol. The fraction of sp³-hybridized carbons (Fsp3) is 0.333. The molecule has 5 heteroatoms. The molecule has 0 spiro atoms. The molecule has 3 rings (SSSR count). The number of alkyl carbamates (subject to hydrolysis) is 1. The lowest BCUT2D eigenvalue weighted by atomic mass is 9.94. The van der Waals surface area contributed by atoms with Gasteiger partial charge in [-0.05, 0) is 48.4 Å². The molecule has 0 aromatic heterocycles. The van der Waals surface area contributed by atoms with Crippen LogP contribution in [0.25, 0.3) is 11.1 Å². The Balaban J connectivity index is 1.65. The molecule has 1 amide bonds. The zero-order valence-electron chi connectivity index (χ0n) is 16.7. The van der Waals surface area contributed by atoms with E-state index >= 15 is 0 Å². The molecule has 0 aliphatic heterocycles. The zero-order chi connectivity index (χ0) is 20.9. The van der Waals surface area contributed by atoms with Gasteiger partial charge in [0.2, 0.25) is 0 Å². The van der Waals surface area contributed by atoms with Crippen LogP contribution in [0.3, 0.4) is 0 Å². The molecule has 0 fully saturated rings. The van der Waals surface area contributed by atoms with E-state index in [1.165, 1.54) is 6.92 Å². The van der Waals surface area contributed by atoms with E-state index in [1.807, 2.05) is 36.4 Å². The van der Waals surface area contributed by atoms with Crippen LogP contribution in [0.15, 0.2) is 61.2 Å². The first-order valence-electron chi connectivity index (χ1n) is 9.94. The highest BCUT2D eigenvalue weighted by molar-refractivity contribution is 5.84. The molecule has 2 N–H and O–H groups in total. The largest absolute Gasteiger partial charge is 0.480 e. The van der Waals surface area contributed by atoms with Crippen LogP contribution in [-0.4, -0.2) is 29.3 Å². The molecule has 0 radical (unpaired) electrons. The predicted octanol–water partition coefficient (Wildman–Crippen LogP) is 5.11. The number of carboxylic acid groups (broad SMARTS) is 1. The van der Waals surface area contributed by atoms with Crippen LogP contribution in [0.1, 0.15) is 49.7 Å². The van der Waals surface area contributed by atoms with E-state index < -0.39 is 17.6 Å². The van der Waals surface area contributed by atoms with E-state index in [0.717, 1.165) is 35.1 Å². The number of amides is 1. The number of carbonyl (C=O) groups excluding carboxylic acids is 1. The number of rotatable bonds is 9. The maximum absolute atomic E-state index is 12.4. The average Bonchev–Trinajstić information content (AvgIpc) is 3.03. The Morgan fingerprint density at radius 3 is 2.24 bits per heavy atom. The van der Waals surface area contributed by atoms with E-state index in [2.05, 4.69) is 24.0 Å². The van der Waals surface area contributed by atoms with Gasteiger partial charge in [-0.25, -0.2) is 9.59 Å². The van der Waals surface area contributed by atoms with E-state index in [4.69, 9.17) is 4.74 Å². The molecule has 0 unspecified atom stereocenters. The molecule has 2 aromatic carbocycles. The van der Waals surface area contributed by atoms with Gasteiger partial charge < -0.3 is 15.2 Å².